The van der Waals surface area contributed by atoms with Gasteiger partial charge in [-0.15, -0.1) is 0 Å². The molecule has 1 unspecified atom stereocenters. The van der Waals surface area contributed by atoms with Crippen molar-refractivity contribution in [1.82, 2.24) is 0 Å². The molecule has 0 aliphatic heterocycles. The van der Waals surface area contributed by atoms with E-state index in [0.717, 1.165) is 16.9 Å². The molecule has 2 aromatic rings. The lowest BCUT2D eigenvalue weighted by molar-refractivity contribution is 0.242. The SMILES string of the molecule is CC(C)Oc1ccc(C(N)c2cccc(Cl)c2Cl)cc1. The molecule has 0 radical (unpaired) electrons. The second kappa shape index (κ2) is 6.49. The molecule has 0 fully saturated rings. The first-order chi connectivity index (χ1) is 9.49. The molecule has 0 spiro atoms. The van der Waals surface area contributed by atoms with E-state index in [2.05, 4.69) is 0 Å². The maximum Gasteiger partial charge on any atom is 0.119 e. The molecule has 2 aromatic carbocycles. The third-order valence-electron chi connectivity index (χ3n) is 2.93. The molecule has 0 amide bonds. The lowest BCUT2D eigenvalue weighted by Gasteiger charge is -2.16. The number of hydrogen-bond donors (Lipinski definition) is 1. The van der Waals surface area contributed by atoms with E-state index in [1.54, 1.807) is 6.07 Å². The minimum atomic E-state index is -0.311. The summed E-state index contributed by atoms with van der Waals surface area (Å²) < 4.78 is 5.61. The van der Waals surface area contributed by atoms with Gasteiger partial charge in [-0.2, -0.15) is 0 Å². The third kappa shape index (κ3) is 3.45. The van der Waals surface area contributed by atoms with Gasteiger partial charge in [-0.1, -0.05) is 47.5 Å². The summed E-state index contributed by atoms with van der Waals surface area (Å²) in [5.74, 6) is 0.827. The van der Waals surface area contributed by atoms with Crippen LogP contribution in [0.3, 0.4) is 0 Å². The van der Waals surface area contributed by atoms with Crippen LogP contribution < -0.4 is 10.5 Å². The zero-order valence-corrected chi connectivity index (χ0v) is 12.9. The molecule has 2 nitrogen and oxygen atoms in total. The van der Waals surface area contributed by atoms with Gasteiger partial charge in [-0.3, -0.25) is 0 Å². The Labute approximate surface area is 129 Å². The van der Waals surface area contributed by atoms with Gasteiger partial charge in [0.15, 0.2) is 0 Å². The molecule has 106 valence electrons. The van der Waals surface area contributed by atoms with Crippen molar-refractivity contribution in [3.8, 4) is 5.75 Å². The number of rotatable bonds is 4. The van der Waals surface area contributed by atoms with Crippen molar-refractivity contribution in [1.29, 1.82) is 0 Å². The summed E-state index contributed by atoms with van der Waals surface area (Å²) >= 11 is 12.2. The normalized spacial score (nSPS) is 12.5. The van der Waals surface area contributed by atoms with Gasteiger partial charge in [0.25, 0.3) is 0 Å². The summed E-state index contributed by atoms with van der Waals surface area (Å²) in [5.41, 5.74) is 8.03. The van der Waals surface area contributed by atoms with Gasteiger partial charge in [-0.25, -0.2) is 0 Å². The molecule has 2 rings (SSSR count). The standard InChI is InChI=1S/C16H17Cl2NO/c1-10(2)20-12-8-6-11(7-9-12)16(19)13-4-3-5-14(17)15(13)18/h3-10,16H,19H2,1-2H3. The topological polar surface area (TPSA) is 35.2 Å². The van der Waals surface area contributed by atoms with Crippen molar-refractivity contribution < 1.29 is 4.74 Å². The van der Waals surface area contributed by atoms with E-state index in [9.17, 15) is 0 Å². The number of hydrogen-bond acceptors (Lipinski definition) is 2. The largest absolute Gasteiger partial charge is 0.491 e. The molecule has 4 heteroatoms. The van der Waals surface area contributed by atoms with Crippen LogP contribution in [-0.2, 0) is 0 Å². The second-order valence-electron chi connectivity index (χ2n) is 4.86. The molecular weight excluding hydrogens is 293 g/mol. The Morgan fingerprint density at radius 3 is 2.25 bits per heavy atom. The van der Waals surface area contributed by atoms with Crippen LogP contribution in [0.25, 0.3) is 0 Å². The summed E-state index contributed by atoms with van der Waals surface area (Å²) in [6.45, 7) is 3.98. The van der Waals surface area contributed by atoms with E-state index in [4.69, 9.17) is 33.7 Å². The molecule has 1 atom stereocenters. The first-order valence-corrected chi connectivity index (χ1v) is 7.20. The number of nitrogens with two attached hydrogens (primary N) is 1. The fraction of sp³-hybridized carbons (Fsp3) is 0.250. The Balaban J connectivity index is 2.25. The van der Waals surface area contributed by atoms with Gasteiger partial charge in [0.1, 0.15) is 5.75 Å². The Hall–Kier alpha value is -1.22. The zero-order chi connectivity index (χ0) is 14.7. The zero-order valence-electron chi connectivity index (χ0n) is 11.4. The van der Waals surface area contributed by atoms with Crippen LogP contribution in [0.4, 0.5) is 0 Å². The van der Waals surface area contributed by atoms with Crippen molar-refractivity contribution in [2.45, 2.75) is 26.0 Å². The monoisotopic (exact) mass is 309 g/mol. The van der Waals surface area contributed by atoms with Gasteiger partial charge < -0.3 is 10.5 Å². The molecule has 0 saturated heterocycles. The van der Waals surface area contributed by atoms with Crippen molar-refractivity contribution in [2.75, 3.05) is 0 Å². The van der Waals surface area contributed by atoms with E-state index in [0.29, 0.717) is 10.0 Å². The van der Waals surface area contributed by atoms with E-state index in [1.807, 2.05) is 50.2 Å². The molecule has 2 N–H and O–H groups in total. The number of ether oxygens (including phenoxy) is 1. The van der Waals surface area contributed by atoms with Crippen LogP contribution in [0.15, 0.2) is 42.5 Å². The van der Waals surface area contributed by atoms with Crippen LogP contribution in [0.1, 0.15) is 31.0 Å². The first-order valence-electron chi connectivity index (χ1n) is 6.45. The lowest BCUT2D eigenvalue weighted by atomic mass is 9.99. The Kier molecular flexibility index (Phi) is 4.92. The Bertz CT molecular complexity index is 582. The first kappa shape index (κ1) is 15.2. The molecule has 0 heterocycles. The highest BCUT2D eigenvalue weighted by Crippen LogP contribution is 2.32. The van der Waals surface area contributed by atoms with E-state index in [1.165, 1.54) is 0 Å². The van der Waals surface area contributed by atoms with Crippen LogP contribution in [0.2, 0.25) is 10.0 Å². The Morgan fingerprint density at radius 1 is 1.00 bits per heavy atom. The summed E-state index contributed by atoms with van der Waals surface area (Å²) in [5, 5.41) is 1.02. The van der Waals surface area contributed by atoms with E-state index < -0.39 is 0 Å². The van der Waals surface area contributed by atoms with Crippen LogP contribution >= 0.6 is 23.2 Å². The molecule has 0 bridgehead atoms. The summed E-state index contributed by atoms with van der Waals surface area (Å²) in [4.78, 5) is 0. The fourth-order valence-electron chi connectivity index (χ4n) is 1.97. The van der Waals surface area contributed by atoms with Gasteiger partial charge in [0.05, 0.1) is 22.2 Å². The van der Waals surface area contributed by atoms with Gasteiger partial charge >= 0.3 is 0 Å². The summed E-state index contributed by atoms with van der Waals surface area (Å²) in [7, 11) is 0. The third-order valence-corrected chi connectivity index (χ3v) is 3.76. The molecule has 20 heavy (non-hydrogen) atoms. The van der Waals surface area contributed by atoms with Crippen LogP contribution in [0, 0.1) is 0 Å². The molecule has 0 aliphatic carbocycles. The van der Waals surface area contributed by atoms with Gasteiger partial charge in [-0.05, 0) is 43.2 Å². The highest BCUT2D eigenvalue weighted by Gasteiger charge is 2.14. The van der Waals surface area contributed by atoms with Gasteiger partial charge in [0.2, 0.25) is 0 Å². The summed E-state index contributed by atoms with van der Waals surface area (Å²) in [6, 6.07) is 12.9. The van der Waals surface area contributed by atoms with Crippen molar-refractivity contribution in [3.05, 3.63) is 63.6 Å². The highest BCUT2D eigenvalue weighted by molar-refractivity contribution is 6.42. The van der Waals surface area contributed by atoms with Crippen LogP contribution in [-0.4, -0.2) is 6.10 Å². The minimum absolute atomic E-state index is 0.150. The second-order valence-corrected chi connectivity index (χ2v) is 5.64. The van der Waals surface area contributed by atoms with E-state index in [-0.39, 0.29) is 12.1 Å². The number of benzene rings is 2. The van der Waals surface area contributed by atoms with E-state index >= 15 is 0 Å². The quantitative estimate of drug-likeness (QED) is 0.878. The number of halogens is 2. The maximum absolute atomic E-state index is 6.25. The predicted molar refractivity (Wildman–Crippen MR) is 84.7 cm³/mol. The fourth-order valence-corrected chi connectivity index (χ4v) is 2.39. The average Bonchev–Trinajstić information content (AvgIpc) is 2.41. The summed E-state index contributed by atoms with van der Waals surface area (Å²) in [6.07, 6.45) is 0.150. The molecule has 0 aliphatic rings. The molecular formula is C16H17Cl2NO. The Morgan fingerprint density at radius 2 is 1.65 bits per heavy atom. The van der Waals surface area contributed by atoms with Crippen LogP contribution in [0.5, 0.6) is 5.75 Å². The maximum atomic E-state index is 6.25. The molecule has 0 aromatic heterocycles. The lowest BCUT2D eigenvalue weighted by Crippen LogP contribution is -2.12. The highest BCUT2D eigenvalue weighted by atomic mass is 35.5. The van der Waals surface area contributed by atoms with Crippen molar-refractivity contribution in [2.24, 2.45) is 5.73 Å². The van der Waals surface area contributed by atoms with Crippen molar-refractivity contribution in [3.63, 3.8) is 0 Å². The van der Waals surface area contributed by atoms with Gasteiger partial charge in [0, 0.05) is 0 Å². The average molecular weight is 310 g/mol. The minimum Gasteiger partial charge on any atom is -0.491 e. The van der Waals surface area contributed by atoms with Crippen molar-refractivity contribution >= 4 is 23.2 Å². The predicted octanol–water partition coefficient (Wildman–Crippen LogP) is 4.83. The molecule has 0 saturated carbocycles. The smallest absolute Gasteiger partial charge is 0.119 e.